The molecular formula is C7H14N2O2. The lowest BCUT2D eigenvalue weighted by Crippen LogP contribution is -2.52. The van der Waals surface area contributed by atoms with E-state index in [9.17, 15) is 4.79 Å². The third kappa shape index (κ3) is 1.91. The van der Waals surface area contributed by atoms with Gasteiger partial charge in [-0.25, -0.2) is 0 Å². The Hall–Kier alpha value is -0.610. The number of hydrazine groups is 1. The first-order valence-electron chi connectivity index (χ1n) is 3.77. The normalized spacial score (nSPS) is 30.1. The second-order valence-electron chi connectivity index (χ2n) is 3.15. The van der Waals surface area contributed by atoms with E-state index >= 15 is 0 Å². The molecule has 1 saturated carbocycles. The zero-order chi connectivity index (χ0) is 8.43. The van der Waals surface area contributed by atoms with E-state index in [2.05, 4.69) is 5.43 Å². The summed E-state index contributed by atoms with van der Waals surface area (Å²) in [5.41, 5.74) is 3.06. The van der Waals surface area contributed by atoms with Gasteiger partial charge in [0.1, 0.15) is 0 Å². The van der Waals surface area contributed by atoms with Crippen LogP contribution in [-0.2, 0) is 4.79 Å². The van der Waals surface area contributed by atoms with Crippen LogP contribution in [0.3, 0.4) is 0 Å². The number of hydrogen-bond donors (Lipinski definition) is 2. The first-order valence-corrected chi connectivity index (χ1v) is 3.77. The Morgan fingerprint density at radius 3 is 2.45 bits per heavy atom. The zero-order valence-corrected chi connectivity index (χ0v) is 6.87. The third-order valence-electron chi connectivity index (χ3n) is 2.02. The highest BCUT2D eigenvalue weighted by Crippen LogP contribution is 2.27. The molecule has 1 fully saturated rings. The highest BCUT2D eigenvalue weighted by molar-refractivity contribution is 5.72. The van der Waals surface area contributed by atoms with Crippen molar-refractivity contribution in [1.29, 1.82) is 0 Å². The summed E-state index contributed by atoms with van der Waals surface area (Å²) in [6.45, 7) is 0. The average molecular weight is 158 g/mol. The maximum Gasteiger partial charge on any atom is 0.308 e. The number of hydrogen-bond acceptors (Lipinski definition) is 3. The molecule has 1 aliphatic rings. The van der Waals surface area contributed by atoms with Gasteiger partial charge in [0.15, 0.2) is 0 Å². The minimum Gasteiger partial charge on any atom is -0.481 e. The molecule has 4 heteroatoms. The van der Waals surface area contributed by atoms with Crippen LogP contribution in [0, 0.1) is 5.92 Å². The molecule has 0 aromatic heterocycles. The van der Waals surface area contributed by atoms with E-state index in [4.69, 9.17) is 5.11 Å². The van der Waals surface area contributed by atoms with Crippen LogP contribution < -0.4 is 5.43 Å². The maximum absolute atomic E-state index is 10.5. The van der Waals surface area contributed by atoms with Gasteiger partial charge in [-0.3, -0.25) is 15.2 Å². The molecule has 0 amide bonds. The molecular weight excluding hydrogens is 144 g/mol. The van der Waals surface area contributed by atoms with Gasteiger partial charge in [0.2, 0.25) is 0 Å². The van der Waals surface area contributed by atoms with Crippen LogP contribution in [0.25, 0.3) is 0 Å². The summed E-state index contributed by atoms with van der Waals surface area (Å²) in [5, 5.41) is 10.5. The van der Waals surface area contributed by atoms with Crippen molar-refractivity contribution in [3.8, 4) is 0 Å². The molecule has 0 spiro atoms. The van der Waals surface area contributed by atoms with Gasteiger partial charge in [0.05, 0.1) is 5.92 Å². The first kappa shape index (κ1) is 8.49. The molecule has 2 unspecified atom stereocenters. The Bertz CT molecular complexity index is 159. The minimum absolute atomic E-state index is 0.141. The van der Waals surface area contributed by atoms with Crippen molar-refractivity contribution in [2.24, 2.45) is 5.92 Å². The summed E-state index contributed by atoms with van der Waals surface area (Å²) in [7, 11) is 3.74. The van der Waals surface area contributed by atoms with Crippen molar-refractivity contribution >= 4 is 5.97 Å². The summed E-state index contributed by atoms with van der Waals surface area (Å²) in [6, 6.07) is 0.141. The van der Waals surface area contributed by atoms with Gasteiger partial charge in [0, 0.05) is 20.1 Å². The molecule has 4 nitrogen and oxygen atoms in total. The van der Waals surface area contributed by atoms with Crippen LogP contribution in [-0.4, -0.2) is 36.2 Å². The molecule has 0 aromatic carbocycles. The first-order chi connectivity index (χ1) is 5.11. The van der Waals surface area contributed by atoms with Crippen LogP contribution >= 0.6 is 0 Å². The molecule has 0 aromatic rings. The molecule has 2 N–H and O–H groups in total. The van der Waals surface area contributed by atoms with E-state index in [1.807, 2.05) is 14.1 Å². The van der Waals surface area contributed by atoms with E-state index < -0.39 is 5.97 Å². The third-order valence-corrected chi connectivity index (χ3v) is 2.02. The Morgan fingerprint density at radius 1 is 1.55 bits per heavy atom. The minimum atomic E-state index is -0.685. The van der Waals surface area contributed by atoms with Crippen molar-refractivity contribution in [1.82, 2.24) is 10.4 Å². The van der Waals surface area contributed by atoms with Gasteiger partial charge < -0.3 is 5.11 Å². The molecule has 2 atom stereocenters. The SMILES string of the molecule is CN(C)NC1CCC1C(=O)O. The standard InChI is InChI=1S/C7H14N2O2/c1-9(2)8-6-4-3-5(6)7(10)11/h5-6,8H,3-4H2,1-2H3,(H,10,11). The predicted molar refractivity (Wildman–Crippen MR) is 41.0 cm³/mol. The van der Waals surface area contributed by atoms with Crippen molar-refractivity contribution < 1.29 is 9.90 Å². The highest BCUT2D eigenvalue weighted by atomic mass is 16.4. The molecule has 0 aliphatic heterocycles. The van der Waals surface area contributed by atoms with Crippen LogP contribution in [0.1, 0.15) is 12.8 Å². The lowest BCUT2D eigenvalue weighted by molar-refractivity contribution is -0.146. The Morgan fingerprint density at radius 2 is 2.18 bits per heavy atom. The van der Waals surface area contributed by atoms with Gasteiger partial charge in [0.25, 0.3) is 0 Å². The van der Waals surface area contributed by atoms with Crippen LogP contribution in [0.15, 0.2) is 0 Å². The second kappa shape index (κ2) is 3.19. The monoisotopic (exact) mass is 158 g/mol. The van der Waals surface area contributed by atoms with E-state index in [1.165, 1.54) is 0 Å². The average Bonchev–Trinajstić information content (AvgIpc) is 1.78. The number of carbonyl (C=O) groups is 1. The fraction of sp³-hybridized carbons (Fsp3) is 0.857. The maximum atomic E-state index is 10.5. The molecule has 11 heavy (non-hydrogen) atoms. The molecule has 1 rings (SSSR count). The number of nitrogens with one attached hydrogen (secondary N) is 1. The van der Waals surface area contributed by atoms with Gasteiger partial charge in [-0.05, 0) is 12.8 Å². The number of rotatable bonds is 3. The summed E-state index contributed by atoms with van der Waals surface area (Å²) >= 11 is 0. The molecule has 64 valence electrons. The van der Waals surface area contributed by atoms with Gasteiger partial charge in [-0.15, -0.1) is 0 Å². The van der Waals surface area contributed by atoms with Crippen molar-refractivity contribution in [3.05, 3.63) is 0 Å². The quantitative estimate of drug-likeness (QED) is 0.564. The van der Waals surface area contributed by atoms with Crippen LogP contribution in [0.2, 0.25) is 0 Å². The number of nitrogens with zero attached hydrogens (tertiary/aromatic N) is 1. The number of carboxylic acids is 1. The second-order valence-corrected chi connectivity index (χ2v) is 3.15. The summed E-state index contributed by atoms with van der Waals surface area (Å²) in [4.78, 5) is 10.5. The van der Waals surface area contributed by atoms with E-state index in [1.54, 1.807) is 5.01 Å². The van der Waals surface area contributed by atoms with Crippen LogP contribution in [0.4, 0.5) is 0 Å². The molecule has 0 radical (unpaired) electrons. The molecule has 0 saturated heterocycles. The number of aliphatic carboxylic acids is 1. The lowest BCUT2D eigenvalue weighted by atomic mass is 9.80. The molecule has 0 heterocycles. The van der Waals surface area contributed by atoms with E-state index in [-0.39, 0.29) is 12.0 Å². The summed E-state index contributed by atoms with van der Waals surface area (Å²) in [5.74, 6) is -0.868. The van der Waals surface area contributed by atoms with E-state index in [0.29, 0.717) is 0 Å². The lowest BCUT2D eigenvalue weighted by Gasteiger charge is -2.36. The topological polar surface area (TPSA) is 52.6 Å². The van der Waals surface area contributed by atoms with Crippen molar-refractivity contribution in [3.63, 3.8) is 0 Å². The number of carboxylic acid groups (broad SMARTS) is 1. The summed E-state index contributed by atoms with van der Waals surface area (Å²) in [6.07, 6.45) is 1.77. The highest BCUT2D eigenvalue weighted by Gasteiger charge is 2.36. The fourth-order valence-electron chi connectivity index (χ4n) is 1.28. The predicted octanol–water partition coefficient (Wildman–Crippen LogP) is -0.0842. The van der Waals surface area contributed by atoms with E-state index in [0.717, 1.165) is 12.8 Å². The van der Waals surface area contributed by atoms with Crippen molar-refractivity contribution in [2.45, 2.75) is 18.9 Å². The smallest absolute Gasteiger partial charge is 0.308 e. The largest absolute Gasteiger partial charge is 0.481 e. The Kier molecular flexibility index (Phi) is 2.46. The van der Waals surface area contributed by atoms with Crippen molar-refractivity contribution in [2.75, 3.05) is 14.1 Å². The van der Waals surface area contributed by atoms with Gasteiger partial charge >= 0.3 is 5.97 Å². The Balaban J connectivity index is 2.31. The molecule has 1 aliphatic carbocycles. The Labute approximate surface area is 66.2 Å². The fourth-order valence-corrected chi connectivity index (χ4v) is 1.28. The molecule has 0 bridgehead atoms. The summed E-state index contributed by atoms with van der Waals surface area (Å²) < 4.78 is 0. The zero-order valence-electron chi connectivity index (χ0n) is 6.87. The van der Waals surface area contributed by atoms with Gasteiger partial charge in [-0.1, -0.05) is 0 Å². The van der Waals surface area contributed by atoms with Gasteiger partial charge in [-0.2, -0.15) is 0 Å². The van der Waals surface area contributed by atoms with Crippen LogP contribution in [0.5, 0.6) is 0 Å².